The molecule has 1 aliphatic heterocycles. The lowest BCUT2D eigenvalue weighted by molar-refractivity contribution is 0.254. The Labute approximate surface area is 108 Å². The molecule has 1 aromatic heterocycles. The average Bonchev–Trinajstić information content (AvgIpc) is 2.30. The molecule has 1 unspecified atom stereocenters. The smallest absolute Gasteiger partial charge is 0.0558 e. The van der Waals surface area contributed by atoms with Gasteiger partial charge in [-0.3, -0.25) is 9.88 Å². The Balaban J connectivity index is 1.82. The normalized spacial score (nSPS) is 20.8. The minimum Gasteiger partial charge on any atom is -0.313 e. The number of halogens is 1. The van der Waals surface area contributed by atoms with E-state index in [1.54, 1.807) is 6.20 Å². The van der Waals surface area contributed by atoms with E-state index in [1.165, 1.54) is 19.3 Å². The van der Waals surface area contributed by atoms with Crippen molar-refractivity contribution in [3.63, 3.8) is 0 Å². The zero-order chi connectivity index (χ0) is 12.1. The second-order valence-corrected chi connectivity index (χ2v) is 5.25. The highest BCUT2D eigenvalue weighted by atomic mass is 35.5. The quantitative estimate of drug-likeness (QED) is 0.893. The summed E-state index contributed by atoms with van der Waals surface area (Å²) in [5.74, 6) is 0. The summed E-state index contributed by atoms with van der Waals surface area (Å²) in [5.41, 5.74) is 1.04. The number of nitrogens with one attached hydrogen (secondary N) is 1. The van der Waals surface area contributed by atoms with E-state index in [9.17, 15) is 0 Å². The highest BCUT2D eigenvalue weighted by Gasteiger charge is 2.14. The monoisotopic (exact) mass is 253 g/mol. The minimum absolute atomic E-state index is 0.632. The summed E-state index contributed by atoms with van der Waals surface area (Å²) in [6.45, 7) is 3.10. The molecule has 1 aliphatic rings. The van der Waals surface area contributed by atoms with Crippen molar-refractivity contribution in [1.82, 2.24) is 15.2 Å². The molecule has 1 fully saturated rings. The van der Waals surface area contributed by atoms with Crippen LogP contribution in [0.3, 0.4) is 0 Å². The van der Waals surface area contributed by atoms with Crippen LogP contribution in [0.5, 0.6) is 0 Å². The van der Waals surface area contributed by atoms with Crippen molar-refractivity contribution in [3.05, 3.63) is 29.0 Å². The first kappa shape index (κ1) is 12.8. The lowest BCUT2D eigenvalue weighted by Gasteiger charge is -2.28. The van der Waals surface area contributed by atoms with Gasteiger partial charge >= 0.3 is 0 Å². The van der Waals surface area contributed by atoms with Crippen molar-refractivity contribution < 1.29 is 0 Å². The molecule has 0 aliphatic carbocycles. The number of hydrogen-bond donors (Lipinski definition) is 1. The molecule has 1 aromatic rings. The van der Waals surface area contributed by atoms with Gasteiger partial charge in [-0.25, -0.2) is 0 Å². The zero-order valence-corrected chi connectivity index (χ0v) is 11.1. The minimum atomic E-state index is 0.632. The fraction of sp³-hybridized carbons (Fsp3) is 0.615. The third kappa shape index (κ3) is 4.26. The second kappa shape index (κ2) is 6.34. The number of piperidine rings is 1. The predicted octanol–water partition coefficient (Wildman–Crippen LogP) is 2.31. The van der Waals surface area contributed by atoms with Crippen molar-refractivity contribution in [2.75, 3.05) is 20.1 Å². The third-order valence-corrected chi connectivity index (χ3v) is 3.39. The zero-order valence-electron chi connectivity index (χ0n) is 10.3. The summed E-state index contributed by atoms with van der Waals surface area (Å²) in [5, 5.41) is 4.32. The average molecular weight is 254 g/mol. The summed E-state index contributed by atoms with van der Waals surface area (Å²) in [6, 6.07) is 4.38. The van der Waals surface area contributed by atoms with E-state index in [0.717, 1.165) is 30.4 Å². The molecule has 4 heteroatoms. The Morgan fingerprint density at radius 2 is 2.41 bits per heavy atom. The molecule has 2 heterocycles. The van der Waals surface area contributed by atoms with E-state index < -0.39 is 0 Å². The van der Waals surface area contributed by atoms with Gasteiger partial charge in [0.1, 0.15) is 0 Å². The number of pyridine rings is 1. The van der Waals surface area contributed by atoms with Crippen molar-refractivity contribution in [3.8, 4) is 0 Å². The number of aromatic nitrogens is 1. The summed E-state index contributed by atoms with van der Waals surface area (Å²) in [7, 11) is 2.14. The largest absolute Gasteiger partial charge is 0.313 e. The summed E-state index contributed by atoms with van der Waals surface area (Å²) >= 11 is 5.95. The molecule has 1 N–H and O–H groups in total. The van der Waals surface area contributed by atoms with Gasteiger partial charge in [0, 0.05) is 30.4 Å². The fourth-order valence-corrected chi connectivity index (χ4v) is 2.51. The summed E-state index contributed by atoms with van der Waals surface area (Å²) < 4.78 is 0. The maximum atomic E-state index is 5.95. The van der Waals surface area contributed by atoms with Crippen molar-refractivity contribution in [2.45, 2.75) is 31.8 Å². The van der Waals surface area contributed by atoms with Crippen LogP contribution in [-0.4, -0.2) is 36.1 Å². The summed E-state index contributed by atoms with van der Waals surface area (Å²) in [4.78, 5) is 6.63. The topological polar surface area (TPSA) is 28.2 Å². The van der Waals surface area contributed by atoms with Gasteiger partial charge in [0.2, 0.25) is 0 Å². The lowest BCUT2D eigenvalue weighted by Crippen LogP contribution is -2.42. The molecule has 0 saturated carbocycles. The van der Waals surface area contributed by atoms with Crippen LogP contribution in [0.15, 0.2) is 18.3 Å². The molecule has 0 bridgehead atoms. The van der Waals surface area contributed by atoms with E-state index in [0.29, 0.717) is 6.04 Å². The van der Waals surface area contributed by atoms with Gasteiger partial charge in [-0.15, -0.1) is 0 Å². The first-order valence-electron chi connectivity index (χ1n) is 6.26. The standard InChI is InChI=1S/C13H20ClN3/c1-17(9-12-4-2-3-6-15-12)10-13-8-11(14)5-7-16-13/h5,7-8,12,15H,2-4,6,9-10H2,1H3. The van der Waals surface area contributed by atoms with Crippen LogP contribution in [0, 0.1) is 0 Å². The molecular formula is C13H20ClN3. The SMILES string of the molecule is CN(Cc1cc(Cl)ccn1)CC1CCCCN1. The van der Waals surface area contributed by atoms with Crippen LogP contribution in [0.4, 0.5) is 0 Å². The van der Waals surface area contributed by atoms with E-state index in [1.807, 2.05) is 12.1 Å². The van der Waals surface area contributed by atoms with Crippen molar-refractivity contribution in [1.29, 1.82) is 0 Å². The highest BCUT2D eigenvalue weighted by Crippen LogP contribution is 2.11. The molecule has 3 nitrogen and oxygen atoms in total. The molecule has 1 atom stereocenters. The van der Waals surface area contributed by atoms with Gasteiger partial charge < -0.3 is 5.32 Å². The molecular weight excluding hydrogens is 234 g/mol. The van der Waals surface area contributed by atoms with Gasteiger partial charge in [0.25, 0.3) is 0 Å². The van der Waals surface area contributed by atoms with Crippen LogP contribution < -0.4 is 5.32 Å². The number of hydrogen-bond acceptors (Lipinski definition) is 3. The van der Waals surface area contributed by atoms with Gasteiger partial charge in [0.15, 0.2) is 0 Å². The first-order chi connectivity index (χ1) is 8.24. The van der Waals surface area contributed by atoms with E-state index in [2.05, 4.69) is 22.2 Å². The Morgan fingerprint density at radius 1 is 1.53 bits per heavy atom. The molecule has 0 spiro atoms. The van der Waals surface area contributed by atoms with Crippen molar-refractivity contribution in [2.24, 2.45) is 0 Å². The predicted molar refractivity (Wildman–Crippen MR) is 71.2 cm³/mol. The van der Waals surface area contributed by atoms with Gasteiger partial charge in [0.05, 0.1) is 5.69 Å². The molecule has 0 aromatic carbocycles. The second-order valence-electron chi connectivity index (χ2n) is 4.81. The molecule has 1 saturated heterocycles. The van der Waals surface area contributed by atoms with E-state index >= 15 is 0 Å². The van der Waals surface area contributed by atoms with Crippen LogP contribution >= 0.6 is 11.6 Å². The fourth-order valence-electron chi connectivity index (χ4n) is 2.33. The third-order valence-electron chi connectivity index (χ3n) is 3.15. The van der Waals surface area contributed by atoms with Gasteiger partial charge in [-0.1, -0.05) is 18.0 Å². The van der Waals surface area contributed by atoms with Crippen LogP contribution in [0.25, 0.3) is 0 Å². The molecule has 0 amide bonds. The number of rotatable bonds is 4. The highest BCUT2D eigenvalue weighted by molar-refractivity contribution is 6.30. The molecule has 17 heavy (non-hydrogen) atoms. The van der Waals surface area contributed by atoms with E-state index in [-0.39, 0.29) is 0 Å². The number of likely N-dealkylation sites (N-methyl/N-ethyl adjacent to an activating group) is 1. The number of nitrogens with zero attached hydrogens (tertiary/aromatic N) is 2. The van der Waals surface area contributed by atoms with E-state index in [4.69, 9.17) is 11.6 Å². The van der Waals surface area contributed by atoms with Crippen LogP contribution in [-0.2, 0) is 6.54 Å². The maximum absolute atomic E-state index is 5.95. The first-order valence-corrected chi connectivity index (χ1v) is 6.64. The molecule has 94 valence electrons. The Hall–Kier alpha value is -0.640. The molecule has 0 radical (unpaired) electrons. The Bertz CT molecular complexity index is 350. The Morgan fingerprint density at radius 3 is 3.12 bits per heavy atom. The van der Waals surface area contributed by atoms with Gasteiger partial charge in [-0.2, -0.15) is 0 Å². The Kier molecular flexibility index (Phi) is 4.77. The van der Waals surface area contributed by atoms with Crippen LogP contribution in [0.2, 0.25) is 5.02 Å². The van der Waals surface area contributed by atoms with Crippen LogP contribution in [0.1, 0.15) is 25.0 Å². The summed E-state index contributed by atoms with van der Waals surface area (Å²) in [6.07, 6.45) is 5.72. The maximum Gasteiger partial charge on any atom is 0.0558 e. The van der Waals surface area contributed by atoms with Crippen molar-refractivity contribution >= 4 is 11.6 Å². The lowest BCUT2D eigenvalue weighted by atomic mass is 10.0. The molecule has 2 rings (SSSR count). The van der Waals surface area contributed by atoms with Gasteiger partial charge in [-0.05, 0) is 38.6 Å².